The summed E-state index contributed by atoms with van der Waals surface area (Å²) in [5, 5.41) is 20.8. The number of nitrogens with zero attached hydrogens (tertiary/aromatic N) is 7. The molecule has 108 valence electrons. The zero-order valence-corrected chi connectivity index (χ0v) is 12.9. The van der Waals surface area contributed by atoms with Crippen molar-refractivity contribution in [2.24, 2.45) is 7.05 Å². The SMILES string of the molecule is Cc1cccc(C)c1-n1nnnc1CSc1nncn1C. The van der Waals surface area contributed by atoms with Crippen LogP contribution in [0.2, 0.25) is 0 Å². The largest absolute Gasteiger partial charge is 0.312 e. The molecule has 21 heavy (non-hydrogen) atoms. The van der Waals surface area contributed by atoms with Crippen LogP contribution in [-0.4, -0.2) is 35.0 Å². The van der Waals surface area contributed by atoms with Crippen molar-refractivity contribution >= 4 is 11.8 Å². The molecular formula is C13H15N7S. The molecule has 0 atom stereocenters. The molecule has 0 amide bonds. The van der Waals surface area contributed by atoms with Gasteiger partial charge in [0, 0.05) is 7.05 Å². The molecule has 0 unspecified atom stereocenters. The normalized spacial score (nSPS) is 11.0. The van der Waals surface area contributed by atoms with Gasteiger partial charge < -0.3 is 4.57 Å². The fourth-order valence-corrected chi connectivity index (χ4v) is 2.94. The van der Waals surface area contributed by atoms with Gasteiger partial charge in [0.1, 0.15) is 6.33 Å². The van der Waals surface area contributed by atoms with Crippen LogP contribution in [0.4, 0.5) is 0 Å². The van der Waals surface area contributed by atoms with Crippen molar-refractivity contribution in [2.75, 3.05) is 0 Å². The number of aryl methyl sites for hydroxylation is 3. The van der Waals surface area contributed by atoms with Gasteiger partial charge in [-0.3, -0.25) is 0 Å². The second kappa shape index (κ2) is 5.65. The number of tetrazole rings is 1. The highest BCUT2D eigenvalue weighted by molar-refractivity contribution is 7.98. The molecule has 0 spiro atoms. The Kier molecular flexibility index (Phi) is 3.70. The summed E-state index contributed by atoms with van der Waals surface area (Å²) in [5.74, 6) is 1.42. The van der Waals surface area contributed by atoms with Crippen molar-refractivity contribution in [3.05, 3.63) is 41.5 Å². The first-order valence-electron chi connectivity index (χ1n) is 6.47. The lowest BCUT2D eigenvalue weighted by Crippen LogP contribution is -2.06. The molecular weight excluding hydrogens is 286 g/mol. The highest BCUT2D eigenvalue weighted by Crippen LogP contribution is 2.23. The third-order valence-electron chi connectivity index (χ3n) is 3.19. The van der Waals surface area contributed by atoms with E-state index in [-0.39, 0.29) is 0 Å². The van der Waals surface area contributed by atoms with Crippen LogP contribution in [-0.2, 0) is 12.8 Å². The first-order chi connectivity index (χ1) is 10.2. The number of rotatable bonds is 4. The van der Waals surface area contributed by atoms with Crippen molar-refractivity contribution in [3.63, 3.8) is 0 Å². The maximum Gasteiger partial charge on any atom is 0.191 e. The topological polar surface area (TPSA) is 74.3 Å². The van der Waals surface area contributed by atoms with Crippen LogP contribution in [0.1, 0.15) is 17.0 Å². The Morgan fingerprint density at radius 3 is 2.57 bits per heavy atom. The van der Waals surface area contributed by atoms with E-state index in [0.29, 0.717) is 5.75 Å². The van der Waals surface area contributed by atoms with E-state index in [0.717, 1.165) is 27.8 Å². The molecule has 0 saturated carbocycles. The van der Waals surface area contributed by atoms with Gasteiger partial charge in [-0.25, -0.2) is 0 Å². The minimum absolute atomic E-state index is 0.632. The number of hydrogen-bond acceptors (Lipinski definition) is 6. The lowest BCUT2D eigenvalue weighted by Gasteiger charge is -2.10. The van der Waals surface area contributed by atoms with E-state index >= 15 is 0 Å². The van der Waals surface area contributed by atoms with Crippen molar-refractivity contribution < 1.29 is 0 Å². The average molecular weight is 301 g/mol. The maximum atomic E-state index is 4.13. The van der Waals surface area contributed by atoms with E-state index in [1.165, 1.54) is 0 Å². The number of benzene rings is 1. The number of para-hydroxylation sites is 1. The fraction of sp³-hybridized carbons (Fsp3) is 0.308. The van der Waals surface area contributed by atoms with Gasteiger partial charge >= 0.3 is 0 Å². The van der Waals surface area contributed by atoms with Gasteiger partial charge in [0.05, 0.1) is 11.4 Å². The summed E-state index contributed by atoms with van der Waals surface area (Å²) in [4.78, 5) is 0. The lowest BCUT2D eigenvalue weighted by atomic mass is 10.1. The molecule has 0 N–H and O–H groups in total. The van der Waals surface area contributed by atoms with Gasteiger partial charge in [-0.15, -0.1) is 15.3 Å². The summed E-state index contributed by atoms with van der Waals surface area (Å²) in [6, 6.07) is 6.15. The second-order valence-corrected chi connectivity index (χ2v) is 5.70. The Morgan fingerprint density at radius 2 is 1.90 bits per heavy atom. The highest BCUT2D eigenvalue weighted by Gasteiger charge is 2.14. The van der Waals surface area contributed by atoms with Gasteiger partial charge in [0.25, 0.3) is 0 Å². The molecule has 2 aromatic heterocycles. The molecule has 0 bridgehead atoms. The Hall–Kier alpha value is -2.22. The maximum absolute atomic E-state index is 4.13. The predicted octanol–water partition coefficient (Wildman–Crippen LogP) is 1.70. The molecule has 3 rings (SSSR count). The first-order valence-corrected chi connectivity index (χ1v) is 7.46. The molecule has 8 heteroatoms. The van der Waals surface area contributed by atoms with E-state index < -0.39 is 0 Å². The summed E-state index contributed by atoms with van der Waals surface area (Å²) in [6.07, 6.45) is 1.68. The molecule has 0 aliphatic carbocycles. The fourth-order valence-electron chi connectivity index (χ4n) is 2.14. The standard InChI is InChI=1S/C13H15N7S/c1-9-5-4-6-10(2)12(9)20-11(15-17-18-20)7-21-13-16-14-8-19(13)3/h4-6,8H,7H2,1-3H3. The molecule has 0 saturated heterocycles. The molecule has 0 radical (unpaired) electrons. The molecule has 1 aromatic carbocycles. The van der Waals surface area contributed by atoms with Crippen molar-refractivity contribution in [2.45, 2.75) is 24.8 Å². The van der Waals surface area contributed by atoms with Crippen LogP contribution in [0.25, 0.3) is 5.69 Å². The molecule has 7 nitrogen and oxygen atoms in total. The van der Waals surface area contributed by atoms with Crippen LogP contribution < -0.4 is 0 Å². The summed E-state index contributed by atoms with van der Waals surface area (Å²) in [6.45, 7) is 4.12. The summed E-state index contributed by atoms with van der Waals surface area (Å²) >= 11 is 1.56. The van der Waals surface area contributed by atoms with Gasteiger partial charge in [0.2, 0.25) is 0 Å². The van der Waals surface area contributed by atoms with E-state index in [2.05, 4.69) is 51.7 Å². The number of hydrogen-bond donors (Lipinski definition) is 0. The van der Waals surface area contributed by atoms with Crippen molar-refractivity contribution in [1.29, 1.82) is 0 Å². The summed E-state index contributed by atoms with van der Waals surface area (Å²) in [7, 11) is 1.91. The Labute approximate surface area is 126 Å². The monoisotopic (exact) mass is 301 g/mol. The molecule has 0 fully saturated rings. The summed E-state index contributed by atoms with van der Waals surface area (Å²) < 4.78 is 3.67. The smallest absolute Gasteiger partial charge is 0.191 e. The third kappa shape index (κ3) is 2.66. The number of thioether (sulfide) groups is 1. The zero-order chi connectivity index (χ0) is 14.8. The minimum Gasteiger partial charge on any atom is -0.312 e. The minimum atomic E-state index is 0.632. The van der Waals surface area contributed by atoms with E-state index in [1.807, 2.05) is 17.7 Å². The quantitative estimate of drug-likeness (QED) is 0.683. The Balaban J connectivity index is 1.89. The predicted molar refractivity (Wildman–Crippen MR) is 79.2 cm³/mol. The van der Waals surface area contributed by atoms with Gasteiger partial charge in [-0.1, -0.05) is 30.0 Å². The van der Waals surface area contributed by atoms with Crippen LogP contribution >= 0.6 is 11.8 Å². The molecule has 3 aromatic rings. The first kappa shape index (κ1) is 13.7. The van der Waals surface area contributed by atoms with E-state index in [1.54, 1.807) is 22.8 Å². The van der Waals surface area contributed by atoms with Crippen LogP contribution in [0, 0.1) is 13.8 Å². The average Bonchev–Trinajstić information content (AvgIpc) is 3.06. The van der Waals surface area contributed by atoms with Gasteiger partial charge in [-0.2, -0.15) is 4.68 Å². The highest BCUT2D eigenvalue weighted by atomic mass is 32.2. The van der Waals surface area contributed by atoms with Gasteiger partial charge in [0.15, 0.2) is 11.0 Å². The molecule has 2 heterocycles. The van der Waals surface area contributed by atoms with Crippen LogP contribution in [0.15, 0.2) is 29.7 Å². The Morgan fingerprint density at radius 1 is 1.14 bits per heavy atom. The zero-order valence-electron chi connectivity index (χ0n) is 12.1. The molecule has 0 aliphatic heterocycles. The molecule has 0 aliphatic rings. The number of aromatic nitrogens is 7. The van der Waals surface area contributed by atoms with Crippen LogP contribution in [0.3, 0.4) is 0 Å². The Bertz CT molecular complexity index is 741. The van der Waals surface area contributed by atoms with E-state index in [9.17, 15) is 0 Å². The lowest BCUT2D eigenvalue weighted by molar-refractivity contribution is 0.766. The van der Waals surface area contributed by atoms with Crippen molar-refractivity contribution in [1.82, 2.24) is 35.0 Å². The second-order valence-electron chi connectivity index (χ2n) is 4.76. The third-order valence-corrected chi connectivity index (χ3v) is 4.22. The summed E-state index contributed by atoms with van der Waals surface area (Å²) in [5.41, 5.74) is 3.33. The van der Waals surface area contributed by atoms with Crippen LogP contribution in [0.5, 0.6) is 0 Å². The van der Waals surface area contributed by atoms with Crippen molar-refractivity contribution in [3.8, 4) is 5.69 Å². The van der Waals surface area contributed by atoms with Gasteiger partial charge in [-0.05, 0) is 35.4 Å². The van der Waals surface area contributed by atoms with E-state index in [4.69, 9.17) is 0 Å².